The molecule has 0 saturated carbocycles. The van der Waals surface area contributed by atoms with Gasteiger partial charge < -0.3 is 15.8 Å². The number of benzene rings is 2. The van der Waals surface area contributed by atoms with Crippen LogP contribution in [0.25, 0.3) is 0 Å². The number of amides is 2. The normalized spacial score (nSPS) is 11.6. The summed E-state index contributed by atoms with van der Waals surface area (Å²) in [5.41, 5.74) is 6.44. The van der Waals surface area contributed by atoms with E-state index in [0.29, 0.717) is 5.02 Å². The smallest absolute Gasteiger partial charge is 0.258 e. The minimum absolute atomic E-state index is 0.133. The number of rotatable bonds is 7. The van der Waals surface area contributed by atoms with Crippen molar-refractivity contribution >= 4 is 34.8 Å². The molecule has 2 aromatic carbocycles. The molecular formula is C20H17ClN2O3S. The quantitative estimate of drug-likeness (QED) is 0.633. The number of hydrogen-bond donors (Lipinski definition) is 2. The van der Waals surface area contributed by atoms with E-state index in [1.165, 1.54) is 12.1 Å². The molecule has 27 heavy (non-hydrogen) atoms. The van der Waals surface area contributed by atoms with Gasteiger partial charge in [0.05, 0.1) is 11.6 Å². The lowest BCUT2D eigenvalue weighted by Crippen LogP contribution is -2.33. The van der Waals surface area contributed by atoms with Crippen LogP contribution in [0.4, 0.5) is 0 Å². The molecule has 0 spiro atoms. The van der Waals surface area contributed by atoms with Crippen LogP contribution in [0.1, 0.15) is 26.8 Å². The van der Waals surface area contributed by atoms with Crippen LogP contribution in [0.3, 0.4) is 0 Å². The summed E-state index contributed by atoms with van der Waals surface area (Å²) in [6.45, 7) is -0.253. The molecule has 1 atom stereocenters. The van der Waals surface area contributed by atoms with Gasteiger partial charge in [-0.2, -0.15) is 0 Å². The Morgan fingerprint density at radius 3 is 2.56 bits per heavy atom. The third-order valence-corrected chi connectivity index (χ3v) is 5.00. The highest BCUT2D eigenvalue weighted by molar-refractivity contribution is 7.10. The molecule has 0 bridgehead atoms. The van der Waals surface area contributed by atoms with Gasteiger partial charge in [0.15, 0.2) is 6.61 Å². The van der Waals surface area contributed by atoms with E-state index in [-0.39, 0.29) is 29.9 Å². The second kappa shape index (κ2) is 8.70. The molecule has 3 aromatic rings. The Morgan fingerprint density at radius 1 is 1.11 bits per heavy atom. The third kappa shape index (κ3) is 4.87. The Bertz CT molecular complexity index is 930. The van der Waals surface area contributed by atoms with Gasteiger partial charge in [0.1, 0.15) is 5.75 Å². The first kappa shape index (κ1) is 18.9. The van der Waals surface area contributed by atoms with Crippen LogP contribution in [-0.2, 0) is 4.79 Å². The zero-order valence-electron chi connectivity index (χ0n) is 14.2. The average molecular weight is 401 g/mol. The first-order valence-corrected chi connectivity index (χ1v) is 9.40. The van der Waals surface area contributed by atoms with Crippen molar-refractivity contribution in [2.24, 2.45) is 5.73 Å². The summed E-state index contributed by atoms with van der Waals surface area (Å²) >= 11 is 7.43. The number of carbonyl (C=O) groups excluding carboxylic acids is 2. The fourth-order valence-corrected chi connectivity index (χ4v) is 3.56. The summed E-state index contributed by atoms with van der Waals surface area (Å²) < 4.78 is 5.50. The predicted molar refractivity (Wildman–Crippen MR) is 106 cm³/mol. The van der Waals surface area contributed by atoms with E-state index < -0.39 is 5.91 Å². The molecule has 3 rings (SSSR count). The van der Waals surface area contributed by atoms with Gasteiger partial charge >= 0.3 is 0 Å². The summed E-state index contributed by atoms with van der Waals surface area (Å²) in [7, 11) is 0. The molecule has 1 heterocycles. The summed E-state index contributed by atoms with van der Waals surface area (Å²) in [6.07, 6.45) is 0. The molecule has 0 radical (unpaired) electrons. The SMILES string of the molecule is NC(=O)c1cc(Cl)ccc1OCC(=O)NC(c1ccccc1)c1cccs1. The van der Waals surface area contributed by atoms with Crippen molar-refractivity contribution in [2.75, 3.05) is 6.61 Å². The second-order valence-electron chi connectivity index (χ2n) is 5.72. The van der Waals surface area contributed by atoms with Crippen molar-refractivity contribution in [1.29, 1.82) is 0 Å². The van der Waals surface area contributed by atoms with Crippen LogP contribution in [0, 0.1) is 0 Å². The zero-order chi connectivity index (χ0) is 19.2. The molecular weight excluding hydrogens is 384 g/mol. The van der Waals surface area contributed by atoms with Gasteiger partial charge in [0, 0.05) is 9.90 Å². The Labute approximate surface area is 165 Å². The monoisotopic (exact) mass is 400 g/mol. The molecule has 0 aliphatic carbocycles. The van der Waals surface area contributed by atoms with Gasteiger partial charge in [-0.1, -0.05) is 48.0 Å². The van der Waals surface area contributed by atoms with E-state index in [0.717, 1.165) is 10.4 Å². The lowest BCUT2D eigenvalue weighted by Gasteiger charge is -2.18. The van der Waals surface area contributed by atoms with Crippen LogP contribution in [0.5, 0.6) is 5.75 Å². The molecule has 3 N–H and O–H groups in total. The van der Waals surface area contributed by atoms with Crippen molar-refractivity contribution in [3.05, 3.63) is 87.1 Å². The molecule has 7 heteroatoms. The maximum absolute atomic E-state index is 12.5. The second-order valence-corrected chi connectivity index (χ2v) is 7.14. The Morgan fingerprint density at radius 2 is 1.89 bits per heavy atom. The van der Waals surface area contributed by atoms with E-state index in [4.69, 9.17) is 22.1 Å². The largest absolute Gasteiger partial charge is 0.483 e. The highest BCUT2D eigenvalue weighted by atomic mass is 35.5. The molecule has 1 aromatic heterocycles. The summed E-state index contributed by atoms with van der Waals surface area (Å²) in [6, 6.07) is 17.8. The molecule has 2 amide bonds. The summed E-state index contributed by atoms with van der Waals surface area (Å²) in [4.78, 5) is 25.0. The van der Waals surface area contributed by atoms with E-state index in [1.54, 1.807) is 17.4 Å². The summed E-state index contributed by atoms with van der Waals surface area (Å²) in [5.74, 6) is -0.772. The predicted octanol–water partition coefficient (Wildman–Crippen LogP) is 3.79. The fraction of sp³-hybridized carbons (Fsp3) is 0.100. The Hall–Kier alpha value is -2.83. The van der Waals surface area contributed by atoms with E-state index >= 15 is 0 Å². The lowest BCUT2D eigenvalue weighted by molar-refractivity contribution is -0.123. The average Bonchev–Trinajstić information content (AvgIpc) is 3.20. The molecule has 0 aliphatic rings. The van der Waals surface area contributed by atoms with Crippen LogP contribution >= 0.6 is 22.9 Å². The van der Waals surface area contributed by atoms with Gasteiger partial charge in [0.2, 0.25) is 0 Å². The number of carbonyl (C=O) groups is 2. The maximum Gasteiger partial charge on any atom is 0.258 e. The number of thiophene rings is 1. The van der Waals surface area contributed by atoms with Crippen LogP contribution in [0.15, 0.2) is 66.0 Å². The van der Waals surface area contributed by atoms with Gasteiger partial charge in [-0.25, -0.2) is 0 Å². The van der Waals surface area contributed by atoms with Crippen molar-refractivity contribution in [2.45, 2.75) is 6.04 Å². The van der Waals surface area contributed by atoms with Crippen LogP contribution in [-0.4, -0.2) is 18.4 Å². The van der Waals surface area contributed by atoms with Crippen LogP contribution < -0.4 is 15.8 Å². The topological polar surface area (TPSA) is 81.4 Å². The molecule has 0 fully saturated rings. The zero-order valence-corrected chi connectivity index (χ0v) is 15.8. The molecule has 5 nitrogen and oxygen atoms in total. The van der Waals surface area contributed by atoms with Crippen molar-refractivity contribution < 1.29 is 14.3 Å². The number of halogens is 1. The highest BCUT2D eigenvalue weighted by Crippen LogP contribution is 2.26. The molecule has 0 aliphatic heterocycles. The molecule has 138 valence electrons. The lowest BCUT2D eigenvalue weighted by atomic mass is 10.1. The van der Waals surface area contributed by atoms with Crippen molar-refractivity contribution in [1.82, 2.24) is 5.32 Å². The summed E-state index contributed by atoms with van der Waals surface area (Å²) in [5, 5.41) is 5.29. The van der Waals surface area contributed by atoms with Crippen molar-refractivity contribution in [3.8, 4) is 5.75 Å². The first-order valence-electron chi connectivity index (χ1n) is 8.14. The number of primary amides is 1. The third-order valence-electron chi connectivity index (χ3n) is 3.83. The fourth-order valence-electron chi connectivity index (χ4n) is 2.59. The Kier molecular flexibility index (Phi) is 6.11. The molecule has 0 saturated heterocycles. The van der Waals surface area contributed by atoms with Gasteiger partial charge in [-0.05, 0) is 35.2 Å². The standard InChI is InChI=1S/C20H17ClN2O3S/c21-14-8-9-16(15(11-14)20(22)25)26-12-18(24)23-19(17-7-4-10-27-17)13-5-2-1-3-6-13/h1-11,19H,12H2,(H2,22,25)(H,23,24). The minimum Gasteiger partial charge on any atom is -0.483 e. The number of ether oxygens (including phenoxy) is 1. The first-order chi connectivity index (χ1) is 13.0. The van der Waals surface area contributed by atoms with Crippen molar-refractivity contribution in [3.63, 3.8) is 0 Å². The molecule has 1 unspecified atom stereocenters. The Balaban J connectivity index is 1.72. The number of hydrogen-bond acceptors (Lipinski definition) is 4. The van der Waals surface area contributed by atoms with Gasteiger partial charge in [-0.15, -0.1) is 11.3 Å². The van der Waals surface area contributed by atoms with E-state index in [9.17, 15) is 9.59 Å². The maximum atomic E-state index is 12.5. The van der Waals surface area contributed by atoms with E-state index in [1.807, 2.05) is 47.8 Å². The minimum atomic E-state index is -0.673. The number of nitrogens with two attached hydrogens (primary N) is 1. The van der Waals surface area contributed by atoms with Crippen LogP contribution in [0.2, 0.25) is 5.02 Å². The highest BCUT2D eigenvalue weighted by Gasteiger charge is 2.19. The van der Waals surface area contributed by atoms with Gasteiger partial charge in [0.25, 0.3) is 11.8 Å². The number of nitrogens with one attached hydrogen (secondary N) is 1. The van der Waals surface area contributed by atoms with Gasteiger partial charge in [-0.3, -0.25) is 9.59 Å². The van der Waals surface area contributed by atoms with E-state index in [2.05, 4.69) is 5.32 Å².